The Kier molecular flexibility index (Phi) is 3.10. The van der Waals surface area contributed by atoms with Crippen LogP contribution in [0.25, 0.3) is 0 Å². The number of carboxylic acid groups (broad SMARTS) is 1. The van der Waals surface area contributed by atoms with Crippen molar-refractivity contribution in [2.24, 2.45) is 0 Å². The van der Waals surface area contributed by atoms with Crippen LogP contribution in [0.15, 0.2) is 36.0 Å². The van der Waals surface area contributed by atoms with Crippen LogP contribution in [0, 0.1) is 0 Å². The van der Waals surface area contributed by atoms with Gasteiger partial charge in [0.15, 0.2) is 0 Å². The maximum atomic E-state index is 10.5. The summed E-state index contributed by atoms with van der Waals surface area (Å²) in [5.41, 5.74) is 8.32. The summed E-state index contributed by atoms with van der Waals surface area (Å²) in [5.74, 6) is -1.15. The van der Waals surface area contributed by atoms with Gasteiger partial charge >= 0.3 is 0 Å². The number of carboxylic acids is 1. The lowest BCUT2D eigenvalue weighted by atomic mass is 10.2. The molecule has 4 nitrogen and oxygen atoms in total. The molecule has 84 valence electrons. The van der Waals surface area contributed by atoms with E-state index in [1.54, 1.807) is 12.1 Å². The largest absolute Gasteiger partial charge is 0.545 e. The van der Waals surface area contributed by atoms with Gasteiger partial charge in [0, 0.05) is 5.70 Å². The number of hydrogen-bond donors (Lipinski definition) is 2. The van der Waals surface area contributed by atoms with E-state index in [9.17, 15) is 9.90 Å². The molecule has 1 aromatic carbocycles. The van der Waals surface area contributed by atoms with E-state index in [2.05, 4.69) is 16.9 Å². The van der Waals surface area contributed by atoms with E-state index in [1.165, 1.54) is 24.3 Å². The molecular weight excluding hydrogens is 204 g/mol. The predicted molar refractivity (Wildman–Crippen MR) is 59.5 cm³/mol. The lowest BCUT2D eigenvalue weighted by Crippen LogP contribution is -2.22. The summed E-state index contributed by atoms with van der Waals surface area (Å²) in [6.45, 7) is 0. The lowest BCUT2D eigenvalue weighted by Gasteiger charge is -2.11. The normalized spacial score (nSPS) is 14.4. The van der Waals surface area contributed by atoms with Crippen molar-refractivity contribution in [3.05, 3.63) is 41.6 Å². The van der Waals surface area contributed by atoms with Crippen LogP contribution in [0.5, 0.6) is 0 Å². The van der Waals surface area contributed by atoms with E-state index in [0.717, 1.165) is 18.5 Å². The summed E-state index contributed by atoms with van der Waals surface area (Å²) in [6.07, 6.45) is 5.52. The number of benzene rings is 1. The molecule has 0 spiro atoms. The van der Waals surface area contributed by atoms with Gasteiger partial charge in [0.25, 0.3) is 0 Å². The van der Waals surface area contributed by atoms with Gasteiger partial charge in [0.05, 0.1) is 11.7 Å². The second-order valence-electron chi connectivity index (χ2n) is 3.74. The molecule has 1 aliphatic carbocycles. The van der Waals surface area contributed by atoms with Gasteiger partial charge in [-0.2, -0.15) is 0 Å². The third kappa shape index (κ3) is 2.53. The molecule has 0 saturated heterocycles. The first-order chi connectivity index (χ1) is 7.75. The molecule has 0 atom stereocenters. The maximum absolute atomic E-state index is 10.5. The van der Waals surface area contributed by atoms with Gasteiger partial charge in [-0.05, 0) is 37.0 Å². The van der Waals surface area contributed by atoms with Crippen LogP contribution in [0.2, 0.25) is 0 Å². The molecule has 0 bridgehead atoms. The van der Waals surface area contributed by atoms with Gasteiger partial charge in [0.2, 0.25) is 0 Å². The molecule has 0 fully saturated rings. The van der Waals surface area contributed by atoms with E-state index >= 15 is 0 Å². The number of anilines is 1. The summed E-state index contributed by atoms with van der Waals surface area (Å²) < 4.78 is 0. The van der Waals surface area contributed by atoms with Gasteiger partial charge < -0.3 is 20.8 Å². The number of allylic oxidation sites excluding steroid dienone is 2. The summed E-state index contributed by atoms with van der Waals surface area (Å²) in [7, 11) is 0. The first-order valence-corrected chi connectivity index (χ1v) is 5.28. The fraction of sp³-hybridized carbons (Fsp3) is 0.250. The average Bonchev–Trinajstić information content (AvgIpc) is 2.80. The zero-order valence-corrected chi connectivity index (χ0v) is 8.82. The van der Waals surface area contributed by atoms with Crippen LogP contribution in [0.4, 0.5) is 5.69 Å². The first-order valence-electron chi connectivity index (χ1n) is 5.28. The highest BCUT2D eigenvalue weighted by atomic mass is 16.4. The highest BCUT2D eigenvalue weighted by molar-refractivity contribution is 5.86. The standard InChI is InChI=1S/C12H14N2O2/c15-12(16)9-5-7-11(8-6-9)14-13-10-3-1-2-4-10/h3,5-8,13-14H,1-2,4H2,(H,15,16)/p-1. The Hall–Kier alpha value is -1.97. The predicted octanol–water partition coefficient (Wildman–Crippen LogP) is 1.03. The molecule has 1 aromatic rings. The molecular formula is C12H13N2O2-. The molecule has 4 heteroatoms. The minimum absolute atomic E-state index is 0.186. The number of hydrazine groups is 1. The quantitative estimate of drug-likeness (QED) is 0.739. The highest BCUT2D eigenvalue weighted by Crippen LogP contribution is 2.15. The molecule has 16 heavy (non-hydrogen) atoms. The summed E-state index contributed by atoms with van der Waals surface area (Å²) in [6, 6.07) is 6.44. The molecule has 1 aliphatic rings. The first kappa shape index (κ1) is 10.5. The third-order valence-corrected chi connectivity index (χ3v) is 2.53. The second kappa shape index (κ2) is 4.70. The van der Waals surface area contributed by atoms with Crippen molar-refractivity contribution in [2.75, 3.05) is 5.43 Å². The molecule has 0 amide bonds. The Morgan fingerprint density at radius 3 is 2.50 bits per heavy atom. The zero-order valence-electron chi connectivity index (χ0n) is 8.82. The Morgan fingerprint density at radius 2 is 1.94 bits per heavy atom. The minimum atomic E-state index is -1.15. The molecule has 0 heterocycles. The average molecular weight is 217 g/mol. The van der Waals surface area contributed by atoms with Gasteiger partial charge in [-0.15, -0.1) is 0 Å². The second-order valence-corrected chi connectivity index (χ2v) is 3.74. The van der Waals surface area contributed by atoms with Crippen LogP contribution in [-0.2, 0) is 0 Å². The molecule has 0 aromatic heterocycles. The van der Waals surface area contributed by atoms with Crippen LogP contribution in [0.1, 0.15) is 29.6 Å². The van der Waals surface area contributed by atoms with Crippen molar-refractivity contribution in [3.8, 4) is 0 Å². The molecule has 0 saturated carbocycles. The summed E-state index contributed by atoms with van der Waals surface area (Å²) >= 11 is 0. The van der Waals surface area contributed by atoms with Crippen molar-refractivity contribution in [3.63, 3.8) is 0 Å². The van der Waals surface area contributed by atoms with E-state index in [4.69, 9.17) is 0 Å². The molecule has 0 unspecified atom stereocenters. The Morgan fingerprint density at radius 1 is 1.19 bits per heavy atom. The van der Waals surface area contributed by atoms with Gasteiger partial charge in [-0.3, -0.25) is 0 Å². The van der Waals surface area contributed by atoms with Crippen LogP contribution >= 0.6 is 0 Å². The van der Waals surface area contributed by atoms with Crippen molar-refractivity contribution >= 4 is 11.7 Å². The highest BCUT2D eigenvalue weighted by Gasteiger charge is 2.02. The van der Waals surface area contributed by atoms with Crippen LogP contribution in [0.3, 0.4) is 0 Å². The summed E-state index contributed by atoms with van der Waals surface area (Å²) in [4.78, 5) is 10.5. The fourth-order valence-corrected chi connectivity index (χ4v) is 1.63. The van der Waals surface area contributed by atoms with Crippen LogP contribution in [-0.4, -0.2) is 5.97 Å². The van der Waals surface area contributed by atoms with E-state index in [1.807, 2.05) is 0 Å². The van der Waals surface area contributed by atoms with Gasteiger partial charge in [-0.25, -0.2) is 0 Å². The smallest absolute Gasteiger partial charge is 0.0715 e. The minimum Gasteiger partial charge on any atom is -0.545 e. The van der Waals surface area contributed by atoms with Crippen molar-refractivity contribution in [1.29, 1.82) is 0 Å². The van der Waals surface area contributed by atoms with Gasteiger partial charge in [0.1, 0.15) is 0 Å². The number of aromatic carboxylic acids is 1. The topological polar surface area (TPSA) is 64.2 Å². The Balaban J connectivity index is 1.92. The molecule has 2 N–H and O–H groups in total. The van der Waals surface area contributed by atoms with Crippen LogP contribution < -0.4 is 16.0 Å². The molecule has 2 rings (SSSR count). The SMILES string of the molecule is O=C([O-])c1ccc(NNC2=CCCC2)cc1. The fourth-order valence-electron chi connectivity index (χ4n) is 1.63. The number of carbonyl (C=O) groups is 1. The number of nitrogens with one attached hydrogen (secondary N) is 2. The van der Waals surface area contributed by atoms with E-state index in [0.29, 0.717) is 0 Å². The lowest BCUT2D eigenvalue weighted by molar-refractivity contribution is -0.255. The third-order valence-electron chi connectivity index (χ3n) is 2.53. The van der Waals surface area contributed by atoms with Crippen molar-refractivity contribution < 1.29 is 9.90 Å². The van der Waals surface area contributed by atoms with E-state index in [-0.39, 0.29) is 5.56 Å². The maximum Gasteiger partial charge on any atom is 0.0715 e. The number of rotatable bonds is 4. The van der Waals surface area contributed by atoms with E-state index < -0.39 is 5.97 Å². The molecule has 0 aliphatic heterocycles. The zero-order chi connectivity index (χ0) is 11.4. The van der Waals surface area contributed by atoms with Crippen molar-refractivity contribution in [2.45, 2.75) is 19.3 Å². The monoisotopic (exact) mass is 217 g/mol. The number of hydrogen-bond acceptors (Lipinski definition) is 4. The number of carbonyl (C=O) groups excluding carboxylic acids is 1. The Labute approximate surface area is 94.0 Å². The van der Waals surface area contributed by atoms with Gasteiger partial charge in [-0.1, -0.05) is 18.2 Å². The summed E-state index contributed by atoms with van der Waals surface area (Å²) in [5, 5.41) is 10.5. The van der Waals surface area contributed by atoms with Crippen molar-refractivity contribution in [1.82, 2.24) is 5.43 Å². The molecule has 0 radical (unpaired) electrons. The Bertz CT molecular complexity index is 410.